The standard InChI is InChI=1S/C19H19N5O4/c1-20-12-13-15(17(26)23(4)19(28)21(13)2)24(10-11-8-6-5-7-9-11)14(12)16(25)22(3)18(20)27/h5-9H,10H2,1-4H3. The molecule has 0 amide bonds. The van der Waals surface area contributed by atoms with Crippen LogP contribution in [-0.2, 0) is 34.7 Å². The van der Waals surface area contributed by atoms with E-state index in [0.29, 0.717) is 0 Å². The number of rotatable bonds is 2. The summed E-state index contributed by atoms with van der Waals surface area (Å²) in [7, 11) is 5.84. The second-order valence-electron chi connectivity index (χ2n) is 6.88. The minimum Gasteiger partial charge on any atom is -0.324 e. The van der Waals surface area contributed by atoms with Crippen molar-refractivity contribution in [2.75, 3.05) is 0 Å². The summed E-state index contributed by atoms with van der Waals surface area (Å²) in [6.45, 7) is 0.252. The molecular weight excluding hydrogens is 362 g/mol. The lowest BCUT2D eigenvalue weighted by Gasteiger charge is -2.09. The molecule has 144 valence electrons. The first kappa shape index (κ1) is 17.8. The molecule has 0 fully saturated rings. The van der Waals surface area contributed by atoms with E-state index in [4.69, 9.17) is 0 Å². The van der Waals surface area contributed by atoms with Crippen LogP contribution in [0, 0.1) is 0 Å². The molecule has 0 aliphatic carbocycles. The molecule has 0 N–H and O–H groups in total. The zero-order chi connectivity index (χ0) is 20.3. The van der Waals surface area contributed by atoms with Crippen LogP contribution in [0.25, 0.3) is 22.1 Å². The predicted octanol–water partition coefficient (Wildman–Crippen LogP) is -0.362. The van der Waals surface area contributed by atoms with Crippen LogP contribution in [0.4, 0.5) is 0 Å². The van der Waals surface area contributed by atoms with E-state index in [0.717, 1.165) is 14.7 Å². The Kier molecular flexibility index (Phi) is 3.77. The first-order valence-corrected chi connectivity index (χ1v) is 8.67. The summed E-state index contributed by atoms with van der Waals surface area (Å²) in [6.07, 6.45) is 0. The van der Waals surface area contributed by atoms with Gasteiger partial charge < -0.3 is 4.57 Å². The summed E-state index contributed by atoms with van der Waals surface area (Å²) < 4.78 is 6.22. The Morgan fingerprint density at radius 2 is 1.04 bits per heavy atom. The largest absolute Gasteiger partial charge is 0.331 e. The summed E-state index contributed by atoms with van der Waals surface area (Å²) in [5, 5.41) is 0. The van der Waals surface area contributed by atoms with Gasteiger partial charge in [0.15, 0.2) is 0 Å². The van der Waals surface area contributed by atoms with E-state index in [-0.39, 0.29) is 28.6 Å². The van der Waals surface area contributed by atoms with Crippen molar-refractivity contribution in [1.29, 1.82) is 0 Å². The zero-order valence-electron chi connectivity index (χ0n) is 16.0. The summed E-state index contributed by atoms with van der Waals surface area (Å²) in [6, 6.07) is 9.38. The fourth-order valence-electron chi connectivity index (χ4n) is 3.72. The Bertz CT molecular complexity index is 1400. The van der Waals surface area contributed by atoms with Crippen molar-refractivity contribution in [3.05, 3.63) is 77.6 Å². The lowest BCUT2D eigenvalue weighted by Crippen LogP contribution is -2.38. The predicted molar refractivity (Wildman–Crippen MR) is 106 cm³/mol. The Balaban J connectivity index is 2.36. The molecule has 3 heterocycles. The average molecular weight is 381 g/mol. The highest BCUT2D eigenvalue weighted by Crippen LogP contribution is 2.23. The van der Waals surface area contributed by atoms with Crippen LogP contribution in [-0.4, -0.2) is 22.8 Å². The van der Waals surface area contributed by atoms with Gasteiger partial charge in [-0.25, -0.2) is 9.59 Å². The fourth-order valence-corrected chi connectivity index (χ4v) is 3.72. The van der Waals surface area contributed by atoms with Crippen LogP contribution in [0.5, 0.6) is 0 Å². The number of aromatic nitrogens is 5. The van der Waals surface area contributed by atoms with Crippen LogP contribution in [0.2, 0.25) is 0 Å². The van der Waals surface area contributed by atoms with E-state index < -0.39 is 22.5 Å². The van der Waals surface area contributed by atoms with Crippen molar-refractivity contribution in [1.82, 2.24) is 22.8 Å². The number of hydrogen-bond donors (Lipinski definition) is 0. The molecule has 9 heteroatoms. The Morgan fingerprint density at radius 1 is 0.607 bits per heavy atom. The van der Waals surface area contributed by atoms with E-state index in [1.54, 1.807) is 4.57 Å². The van der Waals surface area contributed by atoms with Crippen molar-refractivity contribution in [2.24, 2.45) is 28.2 Å². The van der Waals surface area contributed by atoms with Gasteiger partial charge in [0.1, 0.15) is 22.1 Å². The minimum atomic E-state index is -0.524. The van der Waals surface area contributed by atoms with Crippen molar-refractivity contribution in [3.8, 4) is 0 Å². The highest BCUT2D eigenvalue weighted by Gasteiger charge is 2.24. The second kappa shape index (κ2) is 5.95. The Morgan fingerprint density at radius 3 is 1.46 bits per heavy atom. The number of benzene rings is 1. The fraction of sp³-hybridized carbons (Fsp3) is 0.263. The van der Waals surface area contributed by atoms with E-state index in [2.05, 4.69) is 0 Å². The van der Waals surface area contributed by atoms with E-state index in [1.807, 2.05) is 30.3 Å². The molecule has 4 rings (SSSR count). The zero-order valence-corrected chi connectivity index (χ0v) is 16.0. The molecule has 0 saturated carbocycles. The van der Waals surface area contributed by atoms with E-state index in [1.165, 1.54) is 37.3 Å². The smallest absolute Gasteiger partial charge is 0.324 e. The molecule has 0 saturated heterocycles. The summed E-state index contributed by atoms with van der Waals surface area (Å²) >= 11 is 0. The van der Waals surface area contributed by atoms with Gasteiger partial charge >= 0.3 is 11.4 Å². The van der Waals surface area contributed by atoms with Crippen LogP contribution in [0.15, 0.2) is 49.5 Å². The maximum atomic E-state index is 13.0. The second-order valence-corrected chi connectivity index (χ2v) is 6.88. The van der Waals surface area contributed by atoms with Gasteiger partial charge in [-0.05, 0) is 5.56 Å². The number of nitrogens with zero attached hydrogens (tertiary/aromatic N) is 5. The van der Waals surface area contributed by atoms with Gasteiger partial charge in [-0.3, -0.25) is 27.9 Å². The number of fused-ring (bicyclic) bond motifs is 3. The van der Waals surface area contributed by atoms with Crippen LogP contribution < -0.4 is 22.5 Å². The van der Waals surface area contributed by atoms with Crippen molar-refractivity contribution >= 4 is 22.1 Å². The van der Waals surface area contributed by atoms with E-state index >= 15 is 0 Å². The maximum Gasteiger partial charge on any atom is 0.331 e. The first-order valence-electron chi connectivity index (χ1n) is 8.67. The highest BCUT2D eigenvalue weighted by atomic mass is 16.2. The third-order valence-electron chi connectivity index (χ3n) is 5.23. The van der Waals surface area contributed by atoms with Crippen molar-refractivity contribution in [3.63, 3.8) is 0 Å². The third-order valence-corrected chi connectivity index (χ3v) is 5.23. The minimum absolute atomic E-state index is 0.210. The normalized spacial score (nSPS) is 11.6. The molecule has 0 spiro atoms. The first-order chi connectivity index (χ1) is 13.3. The molecule has 0 aliphatic heterocycles. The van der Waals surface area contributed by atoms with Crippen molar-refractivity contribution < 1.29 is 0 Å². The SMILES string of the molecule is Cn1c(=O)c2c(c3c(c(=O)n(C)c(=O)n3C)n2Cc2ccccc2)n(C)c1=O. The van der Waals surface area contributed by atoms with Gasteiger partial charge in [0.25, 0.3) is 11.1 Å². The lowest BCUT2D eigenvalue weighted by molar-refractivity contribution is 0.704. The number of hydrogen-bond acceptors (Lipinski definition) is 4. The number of aryl methyl sites for hydroxylation is 2. The quantitative estimate of drug-likeness (QED) is 0.474. The van der Waals surface area contributed by atoms with Gasteiger partial charge in [-0.2, -0.15) is 0 Å². The van der Waals surface area contributed by atoms with Gasteiger partial charge in [0.05, 0.1) is 0 Å². The molecule has 0 bridgehead atoms. The lowest BCUT2D eigenvalue weighted by atomic mass is 10.2. The molecule has 1 aromatic carbocycles. The van der Waals surface area contributed by atoms with Gasteiger partial charge in [0.2, 0.25) is 0 Å². The Labute approximate surface area is 157 Å². The average Bonchev–Trinajstić information content (AvgIpc) is 3.03. The molecule has 28 heavy (non-hydrogen) atoms. The maximum absolute atomic E-state index is 13.0. The van der Waals surface area contributed by atoms with Gasteiger partial charge in [-0.1, -0.05) is 30.3 Å². The van der Waals surface area contributed by atoms with Gasteiger partial charge in [-0.15, -0.1) is 0 Å². The Hall–Kier alpha value is -3.62. The highest BCUT2D eigenvalue weighted by molar-refractivity contribution is 6.03. The van der Waals surface area contributed by atoms with Crippen LogP contribution in [0.1, 0.15) is 5.56 Å². The summed E-state index contributed by atoms with van der Waals surface area (Å²) in [4.78, 5) is 51.0. The van der Waals surface area contributed by atoms with Crippen molar-refractivity contribution in [2.45, 2.75) is 6.54 Å². The van der Waals surface area contributed by atoms with Gasteiger partial charge in [0, 0.05) is 34.7 Å². The van der Waals surface area contributed by atoms with Crippen LogP contribution >= 0.6 is 0 Å². The molecule has 0 atom stereocenters. The molecule has 3 aromatic heterocycles. The molecular formula is C19H19N5O4. The molecule has 0 radical (unpaired) electrons. The topological polar surface area (TPSA) is 92.9 Å². The molecule has 0 unspecified atom stereocenters. The summed E-state index contributed by atoms with van der Waals surface area (Å²) in [5.41, 5.74) is -0.225. The van der Waals surface area contributed by atoms with E-state index in [9.17, 15) is 19.2 Å². The monoisotopic (exact) mass is 381 g/mol. The van der Waals surface area contributed by atoms with Crippen LogP contribution in [0.3, 0.4) is 0 Å². The molecule has 9 nitrogen and oxygen atoms in total. The summed E-state index contributed by atoms with van der Waals surface area (Å²) in [5.74, 6) is 0. The third kappa shape index (κ3) is 2.19. The molecule has 4 aromatic rings. The molecule has 0 aliphatic rings.